The number of rotatable bonds is 5. The highest BCUT2D eigenvalue weighted by molar-refractivity contribution is 6.01. The number of fused-ring (bicyclic) bond motifs is 1. The number of hydrogen-bond donors (Lipinski definition) is 0. The summed E-state index contributed by atoms with van der Waals surface area (Å²) in [5.74, 6) is 1.30. The second-order valence-electron chi connectivity index (χ2n) is 7.26. The third-order valence-electron chi connectivity index (χ3n) is 5.06. The number of carbonyl (C=O) groups is 2. The largest absolute Gasteiger partial charge is 0.493 e. The molecule has 0 radical (unpaired) electrons. The van der Waals surface area contributed by atoms with Crippen molar-refractivity contribution in [1.29, 1.82) is 0 Å². The molecule has 2 aromatic carbocycles. The van der Waals surface area contributed by atoms with E-state index in [9.17, 15) is 9.59 Å². The van der Waals surface area contributed by atoms with Crippen molar-refractivity contribution in [2.75, 3.05) is 7.11 Å². The Labute approximate surface area is 154 Å². The third-order valence-corrected chi connectivity index (χ3v) is 5.06. The highest BCUT2D eigenvalue weighted by Gasteiger charge is 2.30. The normalized spacial score (nSPS) is 13.5. The molecule has 0 amide bonds. The molecule has 4 heteroatoms. The summed E-state index contributed by atoms with van der Waals surface area (Å²) in [6.45, 7) is 6.96. The standard InChI is InChI=1S/C22H24O4/c1-13-6-9-18(16-7-10-17-15(12-16)8-11-19(17)24)21(20(13)25-5)26-22(3,4)14(2)23/h6-7,9-10,12H,8,11H2,1-5H3. The molecule has 3 rings (SSSR count). The molecule has 0 atom stereocenters. The zero-order valence-corrected chi connectivity index (χ0v) is 15.9. The molecule has 0 saturated heterocycles. The first kappa shape index (κ1) is 18.2. The van der Waals surface area contributed by atoms with E-state index in [0.717, 1.165) is 34.2 Å². The van der Waals surface area contributed by atoms with Gasteiger partial charge in [-0.25, -0.2) is 0 Å². The van der Waals surface area contributed by atoms with Crippen molar-refractivity contribution in [3.63, 3.8) is 0 Å². The number of benzene rings is 2. The molecule has 0 aliphatic heterocycles. The van der Waals surface area contributed by atoms with Crippen LogP contribution in [0.5, 0.6) is 11.5 Å². The van der Waals surface area contributed by atoms with Gasteiger partial charge in [-0.3, -0.25) is 9.59 Å². The number of Topliss-reactive ketones (excluding diaryl/α,β-unsaturated/α-hetero) is 2. The van der Waals surface area contributed by atoms with E-state index < -0.39 is 5.60 Å². The summed E-state index contributed by atoms with van der Waals surface area (Å²) in [5, 5.41) is 0. The van der Waals surface area contributed by atoms with Gasteiger partial charge in [0.2, 0.25) is 0 Å². The number of ketones is 2. The molecule has 0 saturated carbocycles. The number of carbonyl (C=O) groups excluding carboxylic acids is 2. The fourth-order valence-electron chi connectivity index (χ4n) is 3.19. The van der Waals surface area contributed by atoms with Crippen LogP contribution in [-0.4, -0.2) is 24.3 Å². The average Bonchev–Trinajstić information content (AvgIpc) is 2.95. The fourth-order valence-corrected chi connectivity index (χ4v) is 3.19. The lowest BCUT2D eigenvalue weighted by Gasteiger charge is -2.27. The monoisotopic (exact) mass is 352 g/mol. The molecule has 26 heavy (non-hydrogen) atoms. The molecule has 1 aliphatic rings. The Morgan fingerprint density at radius 3 is 2.38 bits per heavy atom. The van der Waals surface area contributed by atoms with E-state index in [-0.39, 0.29) is 11.6 Å². The first-order chi connectivity index (χ1) is 12.2. The molecule has 4 nitrogen and oxygen atoms in total. The molecule has 0 fully saturated rings. The van der Waals surface area contributed by atoms with Crippen LogP contribution in [0, 0.1) is 6.92 Å². The Balaban J connectivity index is 2.16. The predicted octanol–water partition coefficient (Wildman–Crippen LogP) is 4.55. The van der Waals surface area contributed by atoms with E-state index in [2.05, 4.69) is 0 Å². The van der Waals surface area contributed by atoms with E-state index in [4.69, 9.17) is 9.47 Å². The minimum Gasteiger partial charge on any atom is -0.493 e. The van der Waals surface area contributed by atoms with Gasteiger partial charge >= 0.3 is 0 Å². The highest BCUT2D eigenvalue weighted by Crippen LogP contribution is 2.43. The molecule has 136 valence electrons. The number of hydrogen-bond acceptors (Lipinski definition) is 4. The lowest BCUT2D eigenvalue weighted by atomic mass is 9.97. The van der Waals surface area contributed by atoms with Crippen molar-refractivity contribution in [2.24, 2.45) is 0 Å². The number of aryl methyl sites for hydroxylation is 2. The summed E-state index contributed by atoms with van der Waals surface area (Å²) < 4.78 is 11.7. The van der Waals surface area contributed by atoms with E-state index in [1.807, 2.05) is 37.3 Å². The van der Waals surface area contributed by atoms with Gasteiger partial charge in [0.25, 0.3) is 0 Å². The van der Waals surface area contributed by atoms with Crippen molar-refractivity contribution < 1.29 is 19.1 Å². The maximum absolute atomic E-state index is 12.0. The van der Waals surface area contributed by atoms with Gasteiger partial charge in [-0.2, -0.15) is 0 Å². The molecule has 0 N–H and O–H groups in total. The van der Waals surface area contributed by atoms with Crippen LogP contribution < -0.4 is 9.47 Å². The number of ether oxygens (including phenoxy) is 2. The minimum atomic E-state index is -0.970. The molecule has 0 aromatic heterocycles. The predicted molar refractivity (Wildman–Crippen MR) is 101 cm³/mol. The molecule has 0 bridgehead atoms. The summed E-state index contributed by atoms with van der Waals surface area (Å²) in [4.78, 5) is 23.9. The van der Waals surface area contributed by atoms with E-state index >= 15 is 0 Å². The van der Waals surface area contributed by atoms with Crippen LogP contribution in [-0.2, 0) is 11.2 Å². The van der Waals surface area contributed by atoms with Gasteiger partial charge in [-0.15, -0.1) is 0 Å². The third kappa shape index (κ3) is 3.12. The smallest absolute Gasteiger partial charge is 0.172 e. The van der Waals surface area contributed by atoms with Gasteiger partial charge in [0, 0.05) is 17.5 Å². The van der Waals surface area contributed by atoms with Gasteiger partial charge in [0.05, 0.1) is 7.11 Å². The zero-order chi connectivity index (χ0) is 19.1. The maximum Gasteiger partial charge on any atom is 0.172 e. The zero-order valence-electron chi connectivity index (χ0n) is 15.9. The van der Waals surface area contributed by atoms with Crippen LogP contribution in [0.1, 0.15) is 48.7 Å². The van der Waals surface area contributed by atoms with Gasteiger partial charge in [-0.1, -0.05) is 30.3 Å². The lowest BCUT2D eigenvalue weighted by Crippen LogP contribution is -2.36. The Kier molecular flexibility index (Phi) is 4.61. The minimum absolute atomic E-state index is 0.0634. The summed E-state index contributed by atoms with van der Waals surface area (Å²) in [7, 11) is 1.60. The second-order valence-corrected chi connectivity index (χ2v) is 7.26. The van der Waals surface area contributed by atoms with Crippen molar-refractivity contribution in [3.8, 4) is 22.6 Å². The van der Waals surface area contributed by atoms with Crippen LogP contribution in [0.2, 0.25) is 0 Å². The molecular weight excluding hydrogens is 328 g/mol. The topological polar surface area (TPSA) is 52.6 Å². The van der Waals surface area contributed by atoms with Gasteiger partial charge in [-0.05, 0) is 50.8 Å². The van der Waals surface area contributed by atoms with E-state index in [0.29, 0.717) is 17.9 Å². The summed E-state index contributed by atoms with van der Waals surface area (Å²) in [6.07, 6.45) is 1.33. The van der Waals surface area contributed by atoms with Crippen molar-refractivity contribution in [3.05, 3.63) is 47.0 Å². The van der Waals surface area contributed by atoms with Crippen LogP contribution in [0.4, 0.5) is 0 Å². The highest BCUT2D eigenvalue weighted by atomic mass is 16.5. The molecule has 0 spiro atoms. The van der Waals surface area contributed by atoms with Crippen LogP contribution in [0.25, 0.3) is 11.1 Å². The van der Waals surface area contributed by atoms with E-state index in [1.54, 1.807) is 21.0 Å². The van der Waals surface area contributed by atoms with Crippen molar-refractivity contribution in [2.45, 2.75) is 46.1 Å². The van der Waals surface area contributed by atoms with Crippen molar-refractivity contribution in [1.82, 2.24) is 0 Å². The summed E-state index contributed by atoms with van der Waals surface area (Å²) in [6, 6.07) is 9.80. The first-order valence-electron chi connectivity index (χ1n) is 8.78. The molecule has 2 aromatic rings. The van der Waals surface area contributed by atoms with Crippen LogP contribution in [0.15, 0.2) is 30.3 Å². The fraction of sp³-hybridized carbons (Fsp3) is 0.364. The number of methoxy groups -OCH3 is 1. The maximum atomic E-state index is 12.0. The second kappa shape index (κ2) is 6.60. The molecule has 0 unspecified atom stereocenters. The van der Waals surface area contributed by atoms with Gasteiger partial charge < -0.3 is 9.47 Å². The van der Waals surface area contributed by atoms with Gasteiger partial charge in [0.15, 0.2) is 28.7 Å². The quantitative estimate of drug-likeness (QED) is 0.792. The molecule has 1 aliphatic carbocycles. The Hall–Kier alpha value is -2.62. The average molecular weight is 352 g/mol. The summed E-state index contributed by atoms with van der Waals surface area (Å²) in [5.41, 5.74) is 3.63. The van der Waals surface area contributed by atoms with Crippen LogP contribution in [0.3, 0.4) is 0 Å². The van der Waals surface area contributed by atoms with Gasteiger partial charge in [0.1, 0.15) is 0 Å². The van der Waals surface area contributed by atoms with E-state index in [1.165, 1.54) is 6.92 Å². The molecular formula is C22H24O4. The first-order valence-corrected chi connectivity index (χ1v) is 8.78. The SMILES string of the molecule is COc1c(C)ccc(-c2ccc3c(c2)CCC3=O)c1OC(C)(C)C(C)=O. The lowest BCUT2D eigenvalue weighted by molar-refractivity contribution is -0.129. The van der Waals surface area contributed by atoms with Crippen LogP contribution >= 0.6 is 0 Å². The summed E-state index contributed by atoms with van der Waals surface area (Å²) >= 11 is 0. The Morgan fingerprint density at radius 1 is 1.04 bits per heavy atom. The van der Waals surface area contributed by atoms with Crippen molar-refractivity contribution >= 4 is 11.6 Å². The molecule has 0 heterocycles. The Morgan fingerprint density at radius 2 is 1.73 bits per heavy atom. The Bertz CT molecular complexity index is 893.